The van der Waals surface area contributed by atoms with E-state index in [1.807, 2.05) is 0 Å². The molecule has 0 aliphatic heterocycles. The molecule has 0 saturated carbocycles. The predicted molar refractivity (Wildman–Crippen MR) is 62.2 cm³/mol. The number of carbonyl (C=O) groups excluding carboxylic acids is 1. The van der Waals surface area contributed by atoms with Gasteiger partial charge in [-0.15, -0.1) is 10.2 Å². The van der Waals surface area contributed by atoms with E-state index >= 15 is 0 Å². The van der Waals surface area contributed by atoms with Crippen molar-refractivity contribution in [2.24, 2.45) is 0 Å². The van der Waals surface area contributed by atoms with Gasteiger partial charge in [-0.05, 0) is 6.42 Å². The van der Waals surface area contributed by atoms with Crippen LogP contribution in [0.4, 0.5) is 5.13 Å². The molecular formula is C10H17N3OS. The van der Waals surface area contributed by atoms with Gasteiger partial charge in [-0.2, -0.15) is 0 Å². The lowest BCUT2D eigenvalue weighted by Crippen LogP contribution is -2.10. The molecule has 0 aromatic carbocycles. The van der Waals surface area contributed by atoms with Crippen molar-refractivity contribution in [1.29, 1.82) is 0 Å². The molecule has 0 unspecified atom stereocenters. The van der Waals surface area contributed by atoms with Gasteiger partial charge in [0.25, 0.3) is 0 Å². The second-order valence-corrected chi connectivity index (χ2v) is 4.76. The van der Waals surface area contributed by atoms with Gasteiger partial charge in [-0.3, -0.25) is 4.79 Å². The van der Waals surface area contributed by atoms with Crippen LogP contribution in [0.15, 0.2) is 0 Å². The summed E-state index contributed by atoms with van der Waals surface area (Å²) < 4.78 is 0. The Labute approximate surface area is 94.1 Å². The topological polar surface area (TPSA) is 54.9 Å². The first-order valence-electron chi connectivity index (χ1n) is 5.26. The third kappa shape index (κ3) is 3.95. The Hall–Kier alpha value is -0.970. The molecule has 0 fully saturated rings. The van der Waals surface area contributed by atoms with Crippen molar-refractivity contribution >= 4 is 22.4 Å². The van der Waals surface area contributed by atoms with E-state index < -0.39 is 0 Å². The van der Waals surface area contributed by atoms with Gasteiger partial charge in [-0.1, -0.05) is 38.5 Å². The summed E-state index contributed by atoms with van der Waals surface area (Å²) >= 11 is 1.45. The highest BCUT2D eigenvalue weighted by Crippen LogP contribution is 2.22. The molecule has 0 radical (unpaired) electrons. The molecule has 1 amide bonds. The van der Waals surface area contributed by atoms with Gasteiger partial charge in [-0.25, -0.2) is 0 Å². The summed E-state index contributed by atoms with van der Waals surface area (Å²) in [6.07, 6.45) is 2.51. The Morgan fingerprint density at radius 2 is 2.20 bits per heavy atom. The van der Waals surface area contributed by atoms with Crippen molar-refractivity contribution in [2.45, 2.75) is 46.0 Å². The number of rotatable bonds is 5. The fraction of sp³-hybridized carbons (Fsp3) is 0.700. The minimum absolute atomic E-state index is 0.0308. The molecule has 0 saturated heterocycles. The third-order valence-electron chi connectivity index (χ3n) is 1.94. The van der Waals surface area contributed by atoms with Gasteiger partial charge < -0.3 is 5.32 Å². The lowest BCUT2D eigenvalue weighted by Gasteiger charge is -1.98. The Bertz CT molecular complexity index is 322. The van der Waals surface area contributed by atoms with Crippen molar-refractivity contribution < 1.29 is 4.79 Å². The van der Waals surface area contributed by atoms with Gasteiger partial charge in [0.05, 0.1) is 0 Å². The zero-order valence-electron chi connectivity index (χ0n) is 9.41. The zero-order valence-corrected chi connectivity index (χ0v) is 10.2. The lowest BCUT2D eigenvalue weighted by atomic mass is 10.2. The number of nitrogens with one attached hydrogen (secondary N) is 1. The number of unbranched alkanes of at least 4 members (excludes halogenated alkanes) is 1. The largest absolute Gasteiger partial charge is 0.301 e. The minimum Gasteiger partial charge on any atom is -0.301 e. The van der Waals surface area contributed by atoms with Gasteiger partial charge in [0.1, 0.15) is 5.01 Å². The van der Waals surface area contributed by atoms with Crippen molar-refractivity contribution in [3.63, 3.8) is 0 Å². The molecule has 1 aromatic rings. The van der Waals surface area contributed by atoms with Crippen molar-refractivity contribution in [3.05, 3.63) is 5.01 Å². The number of aromatic nitrogens is 2. The van der Waals surface area contributed by atoms with Crippen LogP contribution in [0.5, 0.6) is 0 Å². The summed E-state index contributed by atoms with van der Waals surface area (Å²) in [5.41, 5.74) is 0. The van der Waals surface area contributed by atoms with Crippen molar-refractivity contribution in [2.75, 3.05) is 5.32 Å². The van der Waals surface area contributed by atoms with E-state index in [0.717, 1.165) is 17.8 Å². The minimum atomic E-state index is 0.0308. The van der Waals surface area contributed by atoms with E-state index in [-0.39, 0.29) is 5.91 Å². The smallest absolute Gasteiger partial charge is 0.226 e. The fourth-order valence-electron chi connectivity index (χ4n) is 1.04. The molecule has 0 aliphatic carbocycles. The number of hydrogen-bond acceptors (Lipinski definition) is 4. The van der Waals surface area contributed by atoms with E-state index in [4.69, 9.17) is 0 Å². The van der Waals surface area contributed by atoms with Crippen molar-refractivity contribution in [1.82, 2.24) is 10.2 Å². The Balaban J connectivity index is 2.46. The van der Waals surface area contributed by atoms with Crippen LogP contribution in [-0.4, -0.2) is 16.1 Å². The number of hydrogen-bond donors (Lipinski definition) is 1. The van der Waals surface area contributed by atoms with Gasteiger partial charge in [0.2, 0.25) is 11.0 Å². The lowest BCUT2D eigenvalue weighted by molar-refractivity contribution is -0.116. The molecule has 4 nitrogen and oxygen atoms in total. The number of nitrogens with zero attached hydrogens (tertiary/aromatic N) is 2. The molecule has 0 bridgehead atoms. The number of anilines is 1. The maximum Gasteiger partial charge on any atom is 0.226 e. The molecule has 5 heteroatoms. The van der Waals surface area contributed by atoms with E-state index in [1.54, 1.807) is 0 Å². The van der Waals surface area contributed by atoms with Crippen LogP contribution in [0, 0.1) is 0 Å². The quantitative estimate of drug-likeness (QED) is 0.841. The monoisotopic (exact) mass is 227 g/mol. The van der Waals surface area contributed by atoms with Crippen LogP contribution in [0.1, 0.15) is 51.0 Å². The van der Waals surface area contributed by atoms with Gasteiger partial charge in [0, 0.05) is 12.3 Å². The molecule has 1 heterocycles. The summed E-state index contributed by atoms with van der Waals surface area (Å²) in [5.74, 6) is 0.395. The summed E-state index contributed by atoms with van der Waals surface area (Å²) in [4.78, 5) is 11.4. The van der Waals surface area contributed by atoms with Crippen LogP contribution in [-0.2, 0) is 4.79 Å². The maximum absolute atomic E-state index is 11.4. The first-order chi connectivity index (χ1) is 7.13. The molecule has 15 heavy (non-hydrogen) atoms. The number of amides is 1. The molecule has 1 rings (SSSR count). The molecule has 0 aliphatic rings. The average molecular weight is 227 g/mol. The predicted octanol–water partition coefficient (Wildman–Crippen LogP) is 2.79. The first kappa shape index (κ1) is 12.1. The van der Waals surface area contributed by atoms with E-state index in [0.29, 0.717) is 17.5 Å². The molecule has 0 spiro atoms. The van der Waals surface area contributed by atoms with E-state index in [9.17, 15) is 4.79 Å². The Morgan fingerprint density at radius 1 is 1.47 bits per heavy atom. The van der Waals surface area contributed by atoms with Crippen LogP contribution >= 0.6 is 11.3 Å². The highest BCUT2D eigenvalue weighted by molar-refractivity contribution is 7.15. The highest BCUT2D eigenvalue weighted by atomic mass is 32.1. The molecule has 1 N–H and O–H groups in total. The van der Waals surface area contributed by atoms with Crippen LogP contribution < -0.4 is 5.32 Å². The number of carbonyl (C=O) groups is 1. The zero-order chi connectivity index (χ0) is 11.3. The maximum atomic E-state index is 11.4. The standard InChI is InChI=1S/C10H17N3OS/c1-4-5-6-8(14)11-10-13-12-9(15-10)7(2)3/h7H,4-6H2,1-3H3,(H,11,13,14). The molecule has 84 valence electrons. The molecule has 0 atom stereocenters. The first-order valence-corrected chi connectivity index (χ1v) is 6.08. The summed E-state index contributed by atoms with van der Waals surface area (Å²) in [6.45, 7) is 6.18. The summed E-state index contributed by atoms with van der Waals surface area (Å²) in [5, 5.41) is 12.3. The van der Waals surface area contributed by atoms with Crippen molar-refractivity contribution in [3.8, 4) is 0 Å². The fourth-order valence-corrected chi connectivity index (χ4v) is 1.80. The van der Waals surface area contributed by atoms with Gasteiger partial charge >= 0.3 is 0 Å². The Morgan fingerprint density at radius 3 is 2.73 bits per heavy atom. The second-order valence-electron chi connectivity index (χ2n) is 3.75. The van der Waals surface area contributed by atoms with E-state index in [2.05, 4.69) is 36.3 Å². The highest BCUT2D eigenvalue weighted by Gasteiger charge is 2.09. The van der Waals surface area contributed by atoms with Crippen LogP contribution in [0.25, 0.3) is 0 Å². The summed E-state index contributed by atoms with van der Waals surface area (Å²) in [7, 11) is 0. The third-order valence-corrected chi connectivity index (χ3v) is 3.08. The van der Waals surface area contributed by atoms with Crippen LogP contribution in [0.2, 0.25) is 0 Å². The van der Waals surface area contributed by atoms with E-state index in [1.165, 1.54) is 11.3 Å². The average Bonchev–Trinajstić information content (AvgIpc) is 2.63. The molecule has 1 aromatic heterocycles. The van der Waals surface area contributed by atoms with Crippen LogP contribution in [0.3, 0.4) is 0 Å². The Kier molecular flexibility index (Phi) is 4.68. The SMILES string of the molecule is CCCCC(=O)Nc1nnc(C(C)C)s1. The normalized spacial score (nSPS) is 10.7. The summed E-state index contributed by atoms with van der Waals surface area (Å²) in [6, 6.07) is 0. The van der Waals surface area contributed by atoms with Gasteiger partial charge in [0.15, 0.2) is 0 Å². The molecular weight excluding hydrogens is 210 g/mol. The second kappa shape index (κ2) is 5.80.